The fourth-order valence-electron chi connectivity index (χ4n) is 2.72. The van der Waals surface area contributed by atoms with E-state index in [-0.39, 0.29) is 41.4 Å². The summed E-state index contributed by atoms with van der Waals surface area (Å²) in [6, 6.07) is 7.04. The number of benzene rings is 1. The van der Waals surface area contributed by atoms with E-state index in [1.54, 1.807) is 0 Å². The monoisotopic (exact) mass is 350 g/mol. The number of amides is 1. The van der Waals surface area contributed by atoms with Crippen LogP contribution in [0.2, 0.25) is 5.02 Å². The number of ketones is 1. The molecule has 1 aromatic heterocycles. The molecule has 2 aromatic rings. The average Bonchev–Trinajstić information content (AvgIpc) is 2.59. The number of alkyl halides is 1. The van der Waals surface area contributed by atoms with Crippen LogP contribution >= 0.6 is 11.6 Å². The van der Waals surface area contributed by atoms with Crippen molar-refractivity contribution in [3.8, 4) is 0 Å². The number of carbonyl (C=O) groups excluding carboxylic acids is 2. The van der Waals surface area contributed by atoms with Crippen molar-refractivity contribution in [2.24, 2.45) is 0 Å². The van der Waals surface area contributed by atoms with Gasteiger partial charge in [-0.15, -0.1) is 0 Å². The van der Waals surface area contributed by atoms with Gasteiger partial charge in [-0.2, -0.15) is 0 Å². The summed E-state index contributed by atoms with van der Waals surface area (Å²) in [5.74, 6) is -1.80. The zero-order chi connectivity index (χ0) is 17.3. The van der Waals surface area contributed by atoms with Crippen LogP contribution in [0.5, 0.6) is 0 Å². The zero-order valence-electron chi connectivity index (χ0n) is 12.5. The quantitative estimate of drug-likeness (QED) is 0.923. The Bertz CT molecular complexity index is 828. The van der Waals surface area contributed by atoms with Crippen LogP contribution in [0.3, 0.4) is 0 Å². The Kier molecular flexibility index (Phi) is 4.32. The number of fused-ring (bicyclic) bond motifs is 1. The molecule has 0 radical (unpaired) electrons. The van der Waals surface area contributed by atoms with Crippen molar-refractivity contribution in [1.82, 2.24) is 10.3 Å². The molecule has 7 heteroatoms. The highest BCUT2D eigenvalue weighted by Gasteiger charge is 2.46. The molecule has 1 heterocycles. The number of nitrogens with zero attached hydrogens (tertiary/aromatic N) is 1. The van der Waals surface area contributed by atoms with Gasteiger partial charge in [0.25, 0.3) is 5.91 Å². The normalized spacial score (nSPS) is 19.7. The molecule has 0 spiro atoms. The predicted octanol–water partition coefficient (Wildman–Crippen LogP) is 3.33. The molecule has 1 N–H and O–H groups in total. The van der Waals surface area contributed by atoms with E-state index in [2.05, 4.69) is 10.3 Å². The summed E-state index contributed by atoms with van der Waals surface area (Å²) in [5, 5.41) is 2.31. The van der Waals surface area contributed by atoms with Gasteiger partial charge in [0.1, 0.15) is 11.5 Å². The van der Waals surface area contributed by atoms with Crippen molar-refractivity contribution >= 4 is 23.3 Å². The molecule has 3 rings (SSSR count). The SMILES string of the molecule is O=C1CC[C@@](F)(C(=O)NCc2cccc(F)c2Cl)c2cccnc21. The highest BCUT2D eigenvalue weighted by Crippen LogP contribution is 2.38. The highest BCUT2D eigenvalue weighted by molar-refractivity contribution is 6.31. The van der Waals surface area contributed by atoms with Gasteiger partial charge in [-0.3, -0.25) is 14.6 Å². The van der Waals surface area contributed by atoms with Gasteiger partial charge in [0, 0.05) is 31.1 Å². The number of hydrogen-bond acceptors (Lipinski definition) is 3. The second kappa shape index (κ2) is 6.28. The number of Topliss-reactive ketones (excluding diaryl/α,β-unsaturated/α-hetero) is 1. The maximum Gasteiger partial charge on any atom is 0.262 e. The topological polar surface area (TPSA) is 59.1 Å². The van der Waals surface area contributed by atoms with Crippen LogP contribution in [0.15, 0.2) is 36.5 Å². The van der Waals surface area contributed by atoms with Gasteiger partial charge in [0.15, 0.2) is 5.78 Å². The molecular weight excluding hydrogens is 338 g/mol. The van der Waals surface area contributed by atoms with Crippen molar-refractivity contribution in [2.75, 3.05) is 0 Å². The Labute approximate surface area is 141 Å². The first-order valence-electron chi connectivity index (χ1n) is 7.32. The van der Waals surface area contributed by atoms with Crippen LogP contribution in [0.1, 0.15) is 34.5 Å². The molecular formula is C17H13ClF2N2O2. The largest absolute Gasteiger partial charge is 0.349 e. The molecule has 1 atom stereocenters. The second-order valence-corrected chi connectivity index (χ2v) is 5.90. The number of aromatic nitrogens is 1. The third kappa shape index (κ3) is 2.78. The van der Waals surface area contributed by atoms with Crippen molar-refractivity contribution in [3.63, 3.8) is 0 Å². The molecule has 0 saturated carbocycles. The molecule has 1 aliphatic rings. The molecule has 0 saturated heterocycles. The lowest BCUT2D eigenvalue weighted by atomic mass is 9.81. The van der Waals surface area contributed by atoms with Crippen LogP contribution in [-0.4, -0.2) is 16.7 Å². The Balaban J connectivity index is 1.84. The van der Waals surface area contributed by atoms with Gasteiger partial charge in [-0.1, -0.05) is 29.8 Å². The van der Waals surface area contributed by atoms with Gasteiger partial charge < -0.3 is 5.32 Å². The lowest BCUT2D eigenvalue weighted by Crippen LogP contribution is -2.44. The van der Waals surface area contributed by atoms with E-state index in [1.807, 2.05) is 0 Å². The molecule has 0 fully saturated rings. The fraction of sp³-hybridized carbons (Fsp3) is 0.235. The summed E-state index contributed by atoms with van der Waals surface area (Å²) in [6.07, 6.45) is 1.02. The minimum atomic E-state index is -2.35. The van der Waals surface area contributed by atoms with Crippen molar-refractivity contribution < 1.29 is 18.4 Å². The second-order valence-electron chi connectivity index (χ2n) is 5.52. The number of halogens is 3. The summed E-state index contributed by atoms with van der Waals surface area (Å²) in [7, 11) is 0. The number of rotatable bonds is 3. The standard InChI is InChI=1S/C17H13ClF2N2O2/c18-14-10(3-1-5-12(14)19)9-22-16(24)17(20)7-6-13(23)15-11(17)4-2-8-21-15/h1-5,8H,6-7,9H2,(H,22,24)/t17-/m0/s1. The number of nitrogens with one attached hydrogen (secondary N) is 1. The Morgan fingerprint density at radius 1 is 1.33 bits per heavy atom. The molecule has 24 heavy (non-hydrogen) atoms. The van der Waals surface area contributed by atoms with E-state index in [0.29, 0.717) is 5.56 Å². The maximum absolute atomic E-state index is 15.3. The third-order valence-corrected chi connectivity index (χ3v) is 4.45. The van der Waals surface area contributed by atoms with E-state index in [4.69, 9.17) is 11.6 Å². The Morgan fingerprint density at radius 2 is 2.12 bits per heavy atom. The van der Waals surface area contributed by atoms with Crippen LogP contribution in [0, 0.1) is 5.82 Å². The zero-order valence-corrected chi connectivity index (χ0v) is 13.2. The number of carbonyl (C=O) groups is 2. The summed E-state index contributed by atoms with van der Waals surface area (Å²) < 4.78 is 28.7. The average molecular weight is 351 g/mol. The molecule has 124 valence electrons. The fourth-order valence-corrected chi connectivity index (χ4v) is 2.92. The van der Waals surface area contributed by atoms with Crippen LogP contribution in [0.4, 0.5) is 8.78 Å². The van der Waals surface area contributed by atoms with Crippen molar-refractivity contribution in [3.05, 3.63) is 64.2 Å². The summed E-state index contributed by atoms with van der Waals surface area (Å²) in [6.45, 7) is -0.120. The van der Waals surface area contributed by atoms with E-state index >= 15 is 4.39 Å². The number of pyridine rings is 1. The van der Waals surface area contributed by atoms with Gasteiger partial charge in [-0.05, 0) is 17.7 Å². The number of hydrogen-bond donors (Lipinski definition) is 1. The molecule has 0 bridgehead atoms. The van der Waals surface area contributed by atoms with E-state index in [1.165, 1.54) is 36.5 Å². The minimum absolute atomic E-state index is 0.0230. The molecule has 4 nitrogen and oxygen atoms in total. The van der Waals surface area contributed by atoms with Crippen molar-refractivity contribution in [2.45, 2.75) is 25.1 Å². The Morgan fingerprint density at radius 3 is 2.92 bits per heavy atom. The third-order valence-electron chi connectivity index (χ3n) is 4.03. The predicted molar refractivity (Wildman–Crippen MR) is 83.8 cm³/mol. The van der Waals surface area contributed by atoms with Gasteiger partial charge in [0.05, 0.1) is 5.02 Å². The van der Waals surface area contributed by atoms with Crippen LogP contribution in [0.25, 0.3) is 0 Å². The molecule has 1 amide bonds. The maximum atomic E-state index is 15.3. The molecule has 0 aliphatic heterocycles. The molecule has 0 unspecified atom stereocenters. The van der Waals surface area contributed by atoms with E-state index in [0.717, 1.165) is 0 Å². The minimum Gasteiger partial charge on any atom is -0.349 e. The van der Waals surface area contributed by atoms with Crippen LogP contribution in [-0.2, 0) is 17.0 Å². The first-order chi connectivity index (χ1) is 11.4. The van der Waals surface area contributed by atoms with Crippen molar-refractivity contribution in [1.29, 1.82) is 0 Å². The van der Waals surface area contributed by atoms with Crippen LogP contribution < -0.4 is 5.32 Å². The summed E-state index contributed by atoms with van der Waals surface area (Å²) in [5.41, 5.74) is -2.07. The smallest absolute Gasteiger partial charge is 0.262 e. The molecule has 1 aliphatic carbocycles. The van der Waals surface area contributed by atoms with Gasteiger partial charge in [0.2, 0.25) is 5.67 Å². The van der Waals surface area contributed by atoms with Gasteiger partial charge >= 0.3 is 0 Å². The van der Waals surface area contributed by atoms with E-state index in [9.17, 15) is 14.0 Å². The lowest BCUT2D eigenvalue weighted by Gasteiger charge is -2.29. The lowest BCUT2D eigenvalue weighted by molar-refractivity contribution is -0.134. The molecule has 1 aromatic carbocycles. The summed E-state index contributed by atoms with van der Waals surface area (Å²) in [4.78, 5) is 28.1. The first-order valence-corrected chi connectivity index (χ1v) is 7.70. The van der Waals surface area contributed by atoms with E-state index < -0.39 is 17.4 Å². The highest BCUT2D eigenvalue weighted by atomic mass is 35.5. The Hall–Kier alpha value is -2.34. The summed E-state index contributed by atoms with van der Waals surface area (Å²) >= 11 is 5.82. The van der Waals surface area contributed by atoms with Gasteiger partial charge in [-0.25, -0.2) is 8.78 Å². The first kappa shape index (κ1) is 16.5.